The van der Waals surface area contributed by atoms with Gasteiger partial charge < -0.3 is 9.69 Å². The van der Waals surface area contributed by atoms with Crippen LogP contribution in [0.1, 0.15) is 32.1 Å². The zero-order valence-electron chi connectivity index (χ0n) is 11.1. The highest BCUT2D eigenvalue weighted by Crippen LogP contribution is 2.58. The summed E-state index contributed by atoms with van der Waals surface area (Å²) in [6, 6.07) is 0. The summed E-state index contributed by atoms with van der Waals surface area (Å²) in [6.07, 6.45) is 12.7. The molecule has 3 aliphatic carbocycles. The quantitative estimate of drug-likeness (QED) is 0.562. The number of likely N-dealkylation sites (tertiary alicyclic amines) is 1. The summed E-state index contributed by atoms with van der Waals surface area (Å²) >= 11 is 0. The van der Waals surface area contributed by atoms with Gasteiger partial charge in [-0.15, -0.1) is 0 Å². The number of hydrogen-bond acceptors (Lipinski definition) is 2. The maximum atomic E-state index is 10.9. The molecule has 0 radical (unpaired) electrons. The zero-order chi connectivity index (χ0) is 12.2. The Morgan fingerprint density at radius 2 is 2.06 bits per heavy atom. The number of nitrogens with zero attached hydrogens (tertiary/aromatic N) is 1. The molecule has 2 nitrogen and oxygen atoms in total. The molecule has 2 bridgehead atoms. The third kappa shape index (κ3) is 1.69. The van der Waals surface area contributed by atoms with E-state index in [1.807, 2.05) is 0 Å². The molecule has 1 aliphatic heterocycles. The Morgan fingerprint density at radius 1 is 1.22 bits per heavy atom. The van der Waals surface area contributed by atoms with E-state index in [1.165, 1.54) is 58.0 Å². The van der Waals surface area contributed by atoms with Crippen LogP contribution in [-0.4, -0.2) is 30.8 Å². The molecule has 1 spiro atoms. The van der Waals surface area contributed by atoms with Crippen LogP contribution in [0.15, 0.2) is 12.2 Å². The summed E-state index contributed by atoms with van der Waals surface area (Å²) in [7, 11) is 0. The van der Waals surface area contributed by atoms with Crippen LogP contribution in [0.2, 0.25) is 0 Å². The third-order valence-corrected chi connectivity index (χ3v) is 6.18. The van der Waals surface area contributed by atoms with Crippen LogP contribution in [0.25, 0.3) is 0 Å². The van der Waals surface area contributed by atoms with Crippen LogP contribution in [0.3, 0.4) is 0 Å². The lowest BCUT2D eigenvalue weighted by atomic mass is 9.88. The van der Waals surface area contributed by atoms with Crippen molar-refractivity contribution in [2.45, 2.75) is 32.1 Å². The van der Waals surface area contributed by atoms with E-state index in [9.17, 15) is 4.79 Å². The number of allylic oxidation sites excluding steroid dienone is 2. The molecule has 2 heteroatoms. The number of aldehydes is 1. The second kappa shape index (κ2) is 3.93. The van der Waals surface area contributed by atoms with Crippen LogP contribution in [0.4, 0.5) is 0 Å². The van der Waals surface area contributed by atoms with E-state index < -0.39 is 0 Å². The molecule has 0 amide bonds. The smallest absolute Gasteiger partial charge is 0.123 e. The van der Waals surface area contributed by atoms with E-state index >= 15 is 0 Å². The van der Waals surface area contributed by atoms with E-state index in [2.05, 4.69) is 17.1 Å². The molecule has 4 rings (SSSR count). The molecular weight excluding hydrogens is 222 g/mol. The molecule has 0 N–H and O–H groups in total. The summed E-state index contributed by atoms with van der Waals surface area (Å²) < 4.78 is 0. The van der Waals surface area contributed by atoms with Crippen molar-refractivity contribution in [2.75, 3.05) is 19.6 Å². The zero-order valence-corrected chi connectivity index (χ0v) is 11.1. The second-order valence-corrected chi connectivity index (χ2v) is 7.15. The first-order valence-corrected chi connectivity index (χ1v) is 7.65. The van der Waals surface area contributed by atoms with Crippen molar-refractivity contribution in [2.24, 2.45) is 29.1 Å². The Morgan fingerprint density at radius 3 is 2.61 bits per heavy atom. The van der Waals surface area contributed by atoms with Gasteiger partial charge in [0.15, 0.2) is 0 Å². The van der Waals surface area contributed by atoms with E-state index in [1.54, 1.807) is 0 Å². The molecule has 98 valence electrons. The molecule has 0 aromatic rings. The van der Waals surface area contributed by atoms with E-state index in [-0.39, 0.29) is 0 Å². The van der Waals surface area contributed by atoms with Crippen LogP contribution in [-0.2, 0) is 4.79 Å². The van der Waals surface area contributed by atoms with Gasteiger partial charge in [0.05, 0.1) is 0 Å². The van der Waals surface area contributed by atoms with Gasteiger partial charge in [0.2, 0.25) is 0 Å². The van der Waals surface area contributed by atoms with Gasteiger partial charge >= 0.3 is 0 Å². The van der Waals surface area contributed by atoms with Gasteiger partial charge in [-0.3, -0.25) is 0 Å². The molecule has 18 heavy (non-hydrogen) atoms. The highest BCUT2D eigenvalue weighted by atomic mass is 16.1. The summed E-state index contributed by atoms with van der Waals surface area (Å²) in [4.78, 5) is 13.5. The van der Waals surface area contributed by atoms with Crippen molar-refractivity contribution < 1.29 is 4.79 Å². The highest BCUT2D eigenvalue weighted by molar-refractivity contribution is 5.60. The lowest BCUT2D eigenvalue weighted by Crippen LogP contribution is -2.39. The average Bonchev–Trinajstić information content (AvgIpc) is 2.75. The number of fused-ring (bicyclic) bond motifs is 2. The van der Waals surface area contributed by atoms with Gasteiger partial charge in [-0.1, -0.05) is 12.2 Å². The molecule has 4 unspecified atom stereocenters. The lowest BCUT2D eigenvalue weighted by Gasteiger charge is -2.35. The molecule has 4 atom stereocenters. The molecule has 2 saturated carbocycles. The van der Waals surface area contributed by atoms with E-state index in [0.717, 1.165) is 17.8 Å². The maximum absolute atomic E-state index is 10.9. The average molecular weight is 245 g/mol. The summed E-state index contributed by atoms with van der Waals surface area (Å²) in [5.74, 6) is 3.12. The second-order valence-electron chi connectivity index (χ2n) is 7.15. The minimum absolute atomic E-state index is 0.407. The number of carbonyl (C=O) groups excluding carboxylic acids is 1. The fraction of sp³-hybridized carbons (Fsp3) is 0.812. The lowest BCUT2D eigenvalue weighted by molar-refractivity contribution is -0.109. The monoisotopic (exact) mass is 245 g/mol. The van der Waals surface area contributed by atoms with Crippen molar-refractivity contribution in [3.05, 3.63) is 12.2 Å². The fourth-order valence-electron chi connectivity index (χ4n) is 4.76. The Balaban J connectivity index is 1.31. The summed E-state index contributed by atoms with van der Waals surface area (Å²) in [6.45, 7) is 3.79. The SMILES string of the molecule is O=CC1CC12CCN(CC1CC3C=CC1C3)CC2. The normalized spacial score (nSPS) is 44.7. The van der Waals surface area contributed by atoms with Gasteiger partial charge in [0.25, 0.3) is 0 Å². The summed E-state index contributed by atoms with van der Waals surface area (Å²) in [5.41, 5.74) is 0.451. The molecular formula is C16H23NO. The van der Waals surface area contributed by atoms with Crippen LogP contribution in [0, 0.1) is 29.1 Å². The molecule has 4 aliphatic rings. The van der Waals surface area contributed by atoms with Crippen molar-refractivity contribution in [1.82, 2.24) is 4.90 Å². The van der Waals surface area contributed by atoms with Crippen LogP contribution < -0.4 is 0 Å². The van der Waals surface area contributed by atoms with Gasteiger partial charge in [0, 0.05) is 12.5 Å². The van der Waals surface area contributed by atoms with Gasteiger partial charge in [0.1, 0.15) is 6.29 Å². The van der Waals surface area contributed by atoms with Crippen LogP contribution >= 0.6 is 0 Å². The maximum Gasteiger partial charge on any atom is 0.123 e. The topological polar surface area (TPSA) is 20.3 Å². The molecule has 0 aromatic heterocycles. The molecule has 0 aromatic carbocycles. The summed E-state index contributed by atoms with van der Waals surface area (Å²) in [5, 5.41) is 0. The fourth-order valence-corrected chi connectivity index (χ4v) is 4.76. The van der Waals surface area contributed by atoms with E-state index in [4.69, 9.17) is 0 Å². The third-order valence-electron chi connectivity index (χ3n) is 6.18. The number of piperidine rings is 1. The first-order valence-electron chi connectivity index (χ1n) is 7.65. The van der Waals surface area contributed by atoms with Crippen molar-refractivity contribution in [3.63, 3.8) is 0 Å². The standard InChI is InChI=1S/C16H23NO/c18-11-15-9-16(15)3-5-17(6-4-16)10-14-8-12-1-2-13(14)7-12/h1-2,11-15H,3-10H2. The van der Waals surface area contributed by atoms with Crippen LogP contribution in [0.5, 0.6) is 0 Å². The predicted octanol–water partition coefficient (Wildman–Crippen LogP) is 2.50. The van der Waals surface area contributed by atoms with Crippen molar-refractivity contribution in [3.8, 4) is 0 Å². The Kier molecular flexibility index (Phi) is 2.45. The van der Waals surface area contributed by atoms with Gasteiger partial charge in [-0.05, 0) is 68.4 Å². The van der Waals surface area contributed by atoms with Gasteiger partial charge in [-0.2, -0.15) is 0 Å². The number of carbonyl (C=O) groups is 1. The minimum Gasteiger partial charge on any atom is -0.303 e. The molecule has 1 saturated heterocycles. The number of rotatable bonds is 3. The first-order chi connectivity index (χ1) is 8.79. The van der Waals surface area contributed by atoms with Crippen molar-refractivity contribution in [1.29, 1.82) is 0 Å². The minimum atomic E-state index is 0.407. The Hall–Kier alpha value is -0.630. The molecule has 1 heterocycles. The predicted molar refractivity (Wildman–Crippen MR) is 71.1 cm³/mol. The van der Waals surface area contributed by atoms with Gasteiger partial charge in [-0.25, -0.2) is 0 Å². The largest absolute Gasteiger partial charge is 0.303 e. The first kappa shape index (κ1) is 11.2. The molecule has 3 fully saturated rings. The van der Waals surface area contributed by atoms with E-state index in [0.29, 0.717) is 11.3 Å². The number of hydrogen-bond donors (Lipinski definition) is 0. The Labute approximate surface area is 109 Å². The highest BCUT2D eigenvalue weighted by Gasteiger charge is 2.54. The Bertz CT molecular complexity index is 381. The van der Waals surface area contributed by atoms with Crippen molar-refractivity contribution >= 4 is 6.29 Å².